The van der Waals surface area contributed by atoms with Gasteiger partial charge in [-0.25, -0.2) is 0 Å². The number of hydrogen-bond acceptors (Lipinski definition) is 4. The Balaban J connectivity index is 1.72. The maximum absolute atomic E-state index is 12.8. The summed E-state index contributed by atoms with van der Waals surface area (Å²) in [5.41, 5.74) is 1.45. The molecule has 0 unspecified atom stereocenters. The molecule has 6 heteroatoms. The van der Waals surface area contributed by atoms with Crippen molar-refractivity contribution >= 4 is 28.8 Å². The first-order chi connectivity index (χ1) is 11.6. The highest BCUT2D eigenvalue weighted by atomic mass is 32.2. The summed E-state index contributed by atoms with van der Waals surface area (Å²) in [6.45, 7) is 3.91. The molecule has 1 aromatic carbocycles. The Morgan fingerprint density at radius 1 is 1.33 bits per heavy atom. The number of hydrogen-bond donors (Lipinski definition) is 0. The highest BCUT2D eigenvalue weighted by Gasteiger charge is 2.30. The molecule has 3 rings (SSSR count). The zero-order valence-corrected chi connectivity index (χ0v) is 14.7. The number of nitrogens with zero attached hydrogens (tertiary/aromatic N) is 2. The van der Waals surface area contributed by atoms with Crippen molar-refractivity contribution in [3.63, 3.8) is 0 Å². The van der Waals surface area contributed by atoms with E-state index in [1.165, 1.54) is 17.7 Å². The van der Waals surface area contributed by atoms with E-state index in [0.29, 0.717) is 11.5 Å². The number of carbonyl (C=O) groups is 3. The molecule has 1 aliphatic heterocycles. The van der Waals surface area contributed by atoms with Crippen molar-refractivity contribution < 1.29 is 14.4 Å². The summed E-state index contributed by atoms with van der Waals surface area (Å²) >= 11 is 1.03. The summed E-state index contributed by atoms with van der Waals surface area (Å²) in [6.07, 6.45) is 3.36. The highest BCUT2D eigenvalue weighted by Crippen LogP contribution is 2.30. The Hall–Kier alpha value is -1.82. The standard InChI is InChI=1S/C18H22N2O3S/c1-2-8-19(10-13-6-7-13)17(22)15-5-3-4-14(9-15)11-20-16(21)12-24-18(20)23/h3-5,9,13H,2,6-8,10-12H2,1H3. The van der Waals surface area contributed by atoms with Crippen LogP contribution in [0.5, 0.6) is 0 Å². The molecule has 1 saturated carbocycles. The Labute approximate surface area is 146 Å². The molecular formula is C18H22N2O3S. The first-order valence-electron chi connectivity index (χ1n) is 8.44. The quantitative estimate of drug-likeness (QED) is 0.761. The molecule has 3 amide bonds. The summed E-state index contributed by atoms with van der Waals surface area (Å²) in [5, 5.41) is -0.210. The van der Waals surface area contributed by atoms with Gasteiger partial charge in [-0.15, -0.1) is 0 Å². The van der Waals surface area contributed by atoms with Crippen LogP contribution < -0.4 is 0 Å². The summed E-state index contributed by atoms with van der Waals surface area (Å²) < 4.78 is 0. The van der Waals surface area contributed by atoms with Crippen LogP contribution in [0, 0.1) is 5.92 Å². The second-order valence-corrected chi connectivity index (χ2v) is 7.36. The van der Waals surface area contributed by atoms with E-state index in [9.17, 15) is 14.4 Å². The van der Waals surface area contributed by atoms with E-state index in [2.05, 4.69) is 6.92 Å². The van der Waals surface area contributed by atoms with Gasteiger partial charge >= 0.3 is 0 Å². The predicted molar refractivity (Wildman–Crippen MR) is 93.8 cm³/mol. The average Bonchev–Trinajstić information content (AvgIpc) is 3.35. The van der Waals surface area contributed by atoms with Crippen LogP contribution in [0.15, 0.2) is 24.3 Å². The second-order valence-electron chi connectivity index (χ2n) is 6.43. The zero-order chi connectivity index (χ0) is 17.1. The second kappa shape index (κ2) is 7.38. The molecule has 0 atom stereocenters. The van der Waals surface area contributed by atoms with Gasteiger partial charge in [-0.2, -0.15) is 0 Å². The molecule has 1 heterocycles. The molecular weight excluding hydrogens is 324 g/mol. The lowest BCUT2D eigenvalue weighted by molar-refractivity contribution is -0.125. The maximum Gasteiger partial charge on any atom is 0.289 e. The van der Waals surface area contributed by atoms with E-state index in [4.69, 9.17) is 0 Å². The Bertz CT molecular complexity index is 641. The summed E-state index contributed by atoms with van der Waals surface area (Å²) in [5.74, 6) is 0.742. The van der Waals surface area contributed by atoms with Crippen molar-refractivity contribution in [3.05, 3.63) is 35.4 Å². The van der Waals surface area contributed by atoms with Gasteiger partial charge in [-0.3, -0.25) is 19.3 Å². The van der Waals surface area contributed by atoms with E-state index in [0.717, 1.165) is 36.8 Å². The zero-order valence-electron chi connectivity index (χ0n) is 13.9. The first kappa shape index (κ1) is 17.0. The van der Waals surface area contributed by atoms with Gasteiger partial charge in [0.15, 0.2) is 0 Å². The van der Waals surface area contributed by atoms with Crippen molar-refractivity contribution in [3.8, 4) is 0 Å². The van der Waals surface area contributed by atoms with E-state index in [-0.39, 0.29) is 29.4 Å². The van der Waals surface area contributed by atoms with Crippen LogP contribution >= 0.6 is 11.8 Å². The van der Waals surface area contributed by atoms with Gasteiger partial charge in [0, 0.05) is 18.7 Å². The number of benzene rings is 1. The van der Waals surface area contributed by atoms with E-state index < -0.39 is 0 Å². The Kier molecular flexibility index (Phi) is 5.23. The van der Waals surface area contributed by atoms with E-state index >= 15 is 0 Å². The normalized spacial score (nSPS) is 17.5. The lowest BCUT2D eigenvalue weighted by Crippen LogP contribution is -2.33. The lowest BCUT2D eigenvalue weighted by atomic mass is 10.1. The summed E-state index contributed by atoms with van der Waals surface area (Å²) in [6, 6.07) is 7.29. The van der Waals surface area contributed by atoms with Crippen molar-refractivity contribution in [2.45, 2.75) is 32.7 Å². The Morgan fingerprint density at radius 2 is 2.12 bits per heavy atom. The minimum absolute atomic E-state index is 0.0408. The number of amides is 3. The summed E-state index contributed by atoms with van der Waals surface area (Å²) in [4.78, 5) is 39.4. The fourth-order valence-electron chi connectivity index (χ4n) is 2.86. The van der Waals surface area contributed by atoms with Crippen LogP contribution in [0.1, 0.15) is 42.1 Å². The summed E-state index contributed by atoms with van der Waals surface area (Å²) in [7, 11) is 0. The maximum atomic E-state index is 12.8. The van der Waals surface area contributed by atoms with Crippen LogP contribution in [0.4, 0.5) is 4.79 Å². The monoisotopic (exact) mass is 346 g/mol. The Morgan fingerprint density at radius 3 is 2.75 bits per heavy atom. The predicted octanol–water partition coefficient (Wildman–Crippen LogP) is 3.14. The highest BCUT2D eigenvalue weighted by molar-refractivity contribution is 8.14. The van der Waals surface area contributed by atoms with Crippen LogP contribution in [-0.4, -0.2) is 45.7 Å². The largest absolute Gasteiger partial charge is 0.338 e. The van der Waals surface area contributed by atoms with Crippen LogP contribution in [-0.2, 0) is 11.3 Å². The third-order valence-electron chi connectivity index (χ3n) is 4.31. The minimum Gasteiger partial charge on any atom is -0.338 e. The molecule has 2 aliphatic rings. The molecule has 0 radical (unpaired) electrons. The van der Waals surface area contributed by atoms with Crippen LogP contribution in [0.3, 0.4) is 0 Å². The number of thioether (sulfide) groups is 1. The first-order valence-corrected chi connectivity index (χ1v) is 9.42. The van der Waals surface area contributed by atoms with Crippen molar-refractivity contribution in [1.82, 2.24) is 9.80 Å². The van der Waals surface area contributed by atoms with Crippen LogP contribution in [0.2, 0.25) is 0 Å². The topological polar surface area (TPSA) is 57.7 Å². The third-order valence-corrected chi connectivity index (χ3v) is 5.17. The number of imide groups is 1. The van der Waals surface area contributed by atoms with Gasteiger partial charge in [0.05, 0.1) is 12.3 Å². The molecule has 0 spiro atoms. The van der Waals surface area contributed by atoms with Gasteiger partial charge in [-0.05, 0) is 42.9 Å². The molecule has 5 nitrogen and oxygen atoms in total. The molecule has 0 N–H and O–H groups in total. The fraction of sp³-hybridized carbons (Fsp3) is 0.500. The molecule has 2 fully saturated rings. The van der Waals surface area contributed by atoms with Crippen LogP contribution in [0.25, 0.3) is 0 Å². The molecule has 1 aromatic rings. The minimum atomic E-state index is -0.210. The fourth-order valence-corrected chi connectivity index (χ4v) is 3.58. The van der Waals surface area contributed by atoms with Crippen molar-refractivity contribution in [2.24, 2.45) is 5.92 Å². The van der Waals surface area contributed by atoms with Gasteiger partial charge in [-0.1, -0.05) is 30.8 Å². The van der Waals surface area contributed by atoms with Crippen molar-refractivity contribution in [1.29, 1.82) is 0 Å². The third kappa shape index (κ3) is 3.98. The molecule has 0 aromatic heterocycles. The number of carbonyl (C=O) groups excluding carboxylic acids is 3. The van der Waals surface area contributed by atoms with E-state index in [1.807, 2.05) is 23.1 Å². The smallest absolute Gasteiger partial charge is 0.289 e. The molecule has 1 aliphatic carbocycles. The molecule has 24 heavy (non-hydrogen) atoms. The lowest BCUT2D eigenvalue weighted by Gasteiger charge is -2.22. The van der Waals surface area contributed by atoms with Crippen molar-refractivity contribution in [2.75, 3.05) is 18.8 Å². The van der Waals surface area contributed by atoms with Gasteiger partial charge in [0.1, 0.15) is 0 Å². The SMILES string of the molecule is CCCN(CC1CC1)C(=O)c1cccc(CN2C(=O)CSC2=O)c1. The van der Waals surface area contributed by atoms with Gasteiger partial charge < -0.3 is 4.90 Å². The molecule has 0 bridgehead atoms. The van der Waals surface area contributed by atoms with E-state index in [1.54, 1.807) is 6.07 Å². The van der Waals surface area contributed by atoms with Gasteiger partial charge in [0.25, 0.3) is 11.1 Å². The average molecular weight is 346 g/mol. The number of rotatable bonds is 7. The van der Waals surface area contributed by atoms with Gasteiger partial charge in [0.2, 0.25) is 5.91 Å². The molecule has 1 saturated heterocycles. The molecule has 128 valence electrons.